The van der Waals surface area contributed by atoms with Crippen LogP contribution in [0.1, 0.15) is 40.9 Å². The molecule has 138 valence electrons. The summed E-state index contributed by atoms with van der Waals surface area (Å²) in [7, 11) is 0. The second-order valence-electron chi connectivity index (χ2n) is 6.25. The maximum Gasteiger partial charge on any atom is 0.336 e. The summed E-state index contributed by atoms with van der Waals surface area (Å²) in [6, 6.07) is 6.46. The van der Waals surface area contributed by atoms with E-state index in [4.69, 9.17) is 10.2 Å². The van der Waals surface area contributed by atoms with Crippen LogP contribution in [0, 0.1) is 12.8 Å². The normalized spacial score (nSPS) is 12.0. The van der Waals surface area contributed by atoms with Gasteiger partial charge in [-0.05, 0) is 30.5 Å². The van der Waals surface area contributed by atoms with Crippen molar-refractivity contribution in [2.45, 2.75) is 26.8 Å². The number of hydrogen-bond acceptors (Lipinski definition) is 6. The molecule has 0 fully saturated rings. The molecule has 3 rings (SSSR count). The Kier molecular flexibility index (Phi) is 6.17. The largest absolute Gasteiger partial charge is 0.423 e. The van der Waals surface area contributed by atoms with Crippen LogP contribution in [0.3, 0.4) is 0 Å². The summed E-state index contributed by atoms with van der Waals surface area (Å²) in [4.78, 5) is 28.2. The number of carbonyl (C=O) groups excluding carboxylic acids is 1. The number of nitrogens with zero attached hydrogens (tertiary/aromatic N) is 1. The summed E-state index contributed by atoms with van der Waals surface area (Å²) >= 11 is 1.37. The predicted molar refractivity (Wildman–Crippen MR) is 106 cm³/mol. The number of thiazole rings is 1. The van der Waals surface area contributed by atoms with E-state index in [1.54, 1.807) is 17.5 Å². The number of fused-ring (bicyclic) bond motifs is 1. The maximum atomic E-state index is 12.4. The van der Waals surface area contributed by atoms with Crippen LogP contribution < -0.4 is 16.7 Å². The van der Waals surface area contributed by atoms with Gasteiger partial charge >= 0.3 is 5.63 Å². The Morgan fingerprint density at radius 1 is 1.31 bits per heavy atom. The number of halogens is 1. The van der Waals surface area contributed by atoms with Gasteiger partial charge in [-0.1, -0.05) is 13.8 Å². The van der Waals surface area contributed by atoms with Crippen molar-refractivity contribution < 1.29 is 9.21 Å². The van der Waals surface area contributed by atoms with Gasteiger partial charge in [-0.25, -0.2) is 9.78 Å². The monoisotopic (exact) mass is 393 g/mol. The highest BCUT2D eigenvalue weighted by Gasteiger charge is 2.18. The first-order valence-electron chi connectivity index (χ1n) is 7.92. The third-order valence-electron chi connectivity index (χ3n) is 3.97. The maximum absolute atomic E-state index is 12.4. The van der Waals surface area contributed by atoms with Crippen molar-refractivity contribution in [3.8, 4) is 0 Å². The molecule has 0 aliphatic carbocycles. The molecule has 0 aliphatic rings. The third kappa shape index (κ3) is 4.12. The van der Waals surface area contributed by atoms with E-state index >= 15 is 0 Å². The van der Waals surface area contributed by atoms with Crippen LogP contribution in [0.4, 0.5) is 5.69 Å². The molecule has 26 heavy (non-hydrogen) atoms. The molecule has 1 atom stereocenters. The molecule has 0 saturated heterocycles. The number of rotatable bonds is 4. The van der Waals surface area contributed by atoms with Crippen molar-refractivity contribution >= 4 is 46.3 Å². The van der Waals surface area contributed by atoms with Crippen molar-refractivity contribution in [1.29, 1.82) is 0 Å². The minimum Gasteiger partial charge on any atom is -0.423 e. The lowest BCUT2D eigenvalue weighted by atomic mass is 10.1. The Balaban J connectivity index is 0.00000243. The molecule has 0 unspecified atom stereocenters. The van der Waals surface area contributed by atoms with Crippen LogP contribution in [0.25, 0.3) is 11.0 Å². The summed E-state index contributed by atoms with van der Waals surface area (Å²) in [6.45, 7) is 5.86. The van der Waals surface area contributed by atoms with Gasteiger partial charge in [0.15, 0.2) is 0 Å². The van der Waals surface area contributed by atoms with Gasteiger partial charge in [0.25, 0.3) is 5.91 Å². The standard InChI is InChI=1S/C18H19N3O3S.ClH/c1-9(2)16(19)18-21-13(8-25-18)17(23)20-11-4-5-12-10(3)6-15(22)24-14(12)7-11;/h4-9,16H,19H2,1-3H3,(H,20,23);1H/t16-;/m0./s1. The van der Waals surface area contributed by atoms with Crippen molar-refractivity contribution in [3.63, 3.8) is 0 Å². The zero-order valence-electron chi connectivity index (χ0n) is 14.6. The van der Waals surface area contributed by atoms with Crippen molar-refractivity contribution in [1.82, 2.24) is 4.98 Å². The number of anilines is 1. The average Bonchev–Trinajstić information content (AvgIpc) is 3.03. The molecule has 1 aromatic carbocycles. The number of nitrogens with one attached hydrogen (secondary N) is 1. The Hall–Kier alpha value is -2.22. The first-order valence-corrected chi connectivity index (χ1v) is 8.80. The summed E-state index contributed by atoms with van der Waals surface area (Å²) in [5.41, 5.74) is 7.77. The molecule has 0 radical (unpaired) electrons. The SMILES string of the molecule is Cc1cc(=O)oc2cc(NC(=O)c3csc([C@@H](N)C(C)C)n3)ccc12.Cl. The minimum absolute atomic E-state index is 0. The van der Waals surface area contributed by atoms with Gasteiger partial charge in [0.1, 0.15) is 16.3 Å². The van der Waals surface area contributed by atoms with Crippen LogP contribution in [0.15, 0.2) is 38.9 Å². The molecule has 3 aromatic rings. The van der Waals surface area contributed by atoms with Gasteiger partial charge in [0, 0.05) is 28.6 Å². The predicted octanol–water partition coefficient (Wildman–Crippen LogP) is 3.89. The molecule has 8 heteroatoms. The quantitative estimate of drug-likeness (QED) is 0.655. The highest BCUT2D eigenvalue weighted by atomic mass is 35.5. The Labute approximate surface area is 160 Å². The molecule has 1 amide bonds. The lowest BCUT2D eigenvalue weighted by Gasteiger charge is -2.11. The van der Waals surface area contributed by atoms with Crippen LogP contribution in [-0.4, -0.2) is 10.9 Å². The smallest absolute Gasteiger partial charge is 0.336 e. The van der Waals surface area contributed by atoms with Crippen LogP contribution in [-0.2, 0) is 0 Å². The third-order valence-corrected chi connectivity index (χ3v) is 4.91. The highest BCUT2D eigenvalue weighted by Crippen LogP contribution is 2.24. The van der Waals surface area contributed by atoms with Crippen LogP contribution in [0.2, 0.25) is 0 Å². The molecular weight excluding hydrogens is 374 g/mol. The van der Waals surface area contributed by atoms with Gasteiger partial charge in [0.05, 0.1) is 6.04 Å². The fourth-order valence-electron chi connectivity index (χ4n) is 2.43. The summed E-state index contributed by atoms with van der Waals surface area (Å²) in [6.07, 6.45) is 0. The van der Waals surface area contributed by atoms with Gasteiger partial charge < -0.3 is 15.5 Å². The summed E-state index contributed by atoms with van der Waals surface area (Å²) in [5.74, 6) is -0.0820. The van der Waals surface area contributed by atoms with E-state index in [0.717, 1.165) is 16.0 Å². The van der Waals surface area contributed by atoms with Crippen molar-refractivity contribution in [2.75, 3.05) is 5.32 Å². The number of aryl methyl sites for hydroxylation is 1. The summed E-state index contributed by atoms with van der Waals surface area (Å²) in [5, 5.41) is 6.03. The molecule has 0 bridgehead atoms. The van der Waals surface area contributed by atoms with E-state index in [1.165, 1.54) is 17.4 Å². The lowest BCUT2D eigenvalue weighted by Crippen LogP contribution is -2.17. The molecular formula is C18H20ClN3O3S. The second-order valence-corrected chi connectivity index (χ2v) is 7.14. The topological polar surface area (TPSA) is 98.2 Å². The molecule has 0 saturated carbocycles. The number of amides is 1. The van der Waals surface area contributed by atoms with Crippen LogP contribution >= 0.6 is 23.7 Å². The molecule has 3 N–H and O–H groups in total. The highest BCUT2D eigenvalue weighted by molar-refractivity contribution is 7.09. The Morgan fingerprint density at radius 3 is 2.73 bits per heavy atom. The number of aromatic nitrogens is 1. The van der Waals surface area contributed by atoms with E-state index < -0.39 is 5.63 Å². The van der Waals surface area contributed by atoms with Crippen LogP contribution in [0.5, 0.6) is 0 Å². The number of carbonyl (C=O) groups is 1. The number of hydrogen-bond donors (Lipinski definition) is 2. The molecule has 0 aliphatic heterocycles. The number of nitrogens with two attached hydrogens (primary N) is 1. The zero-order valence-corrected chi connectivity index (χ0v) is 16.2. The van der Waals surface area contributed by atoms with Gasteiger partial charge in [-0.15, -0.1) is 23.7 Å². The first kappa shape index (κ1) is 20.1. The Morgan fingerprint density at radius 2 is 2.04 bits per heavy atom. The molecule has 2 aromatic heterocycles. The Bertz CT molecular complexity index is 997. The fraction of sp³-hybridized carbons (Fsp3) is 0.278. The first-order chi connectivity index (χ1) is 11.8. The fourth-order valence-corrected chi connectivity index (χ4v) is 3.40. The minimum atomic E-state index is -0.416. The van der Waals surface area contributed by atoms with Gasteiger partial charge in [0.2, 0.25) is 0 Å². The van der Waals surface area contributed by atoms with E-state index in [9.17, 15) is 9.59 Å². The summed E-state index contributed by atoms with van der Waals surface area (Å²) < 4.78 is 5.20. The molecule has 6 nitrogen and oxygen atoms in total. The zero-order chi connectivity index (χ0) is 18.1. The van der Waals surface area contributed by atoms with Crippen molar-refractivity contribution in [2.24, 2.45) is 11.7 Å². The van der Waals surface area contributed by atoms with E-state index in [2.05, 4.69) is 10.3 Å². The van der Waals surface area contributed by atoms with Gasteiger partial charge in [-0.3, -0.25) is 4.79 Å². The molecule has 2 heterocycles. The average molecular weight is 394 g/mol. The van der Waals surface area contributed by atoms with E-state index in [1.807, 2.05) is 26.8 Å². The number of benzene rings is 1. The molecule has 0 spiro atoms. The second kappa shape index (κ2) is 7.99. The van der Waals surface area contributed by atoms with E-state index in [0.29, 0.717) is 17.0 Å². The van der Waals surface area contributed by atoms with E-state index in [-0.39, 0.29) is 30.3 Å². The van der Waals surface area contributed by atoms with Crippen molar-refractivity contribution in [3.05, 3.63) is 56.3 Å². The lowest BCUT2D eigenvalue weighted by molar-refractivity contribution is 0.102. The van der Waals surface area contributed by atoms with Gasteiger partial charge in [-0.2, -0.15) is 0 Å².